The van der Waals surface area contributed by atoms with Crippen LogP contribution in [0.1, 0.15) is 31.5 Å². The molecule has 7 heteroatoms. The van der Waals surface area contributed by atoms with E-state index in [2.05, 4.69) is 12.2 Å². The number of carbonyl (C=O) groups excluding carboxylic acids is 1. The van der Waals surface area contributed by atoms with Crippen LogP contribution in [0, 0.1) is 0 Å². The van der Waals surface area contributed by atoms with Crippen LogP contribution < -0.4 is 15.9 Å². The van der Waals surface area contributed by atoms with Crippen LogP contribution in [0.3, 0.4) is 0 Å². The van der Waals surface area contributed by atoms with E-state index in [-0.39, 0.29) is 5.91 Å². The van der Waals surface area contributed by atoms with Gasteiger partial charge in [-0.15, -0.1) is 5.10 Å². The minimum atomic E-state index is -0.429. The molecule has 0 radical (unpaired) electrons. The van der Waals surface area contributed by atoms with Crippen LogP contribution in [0.15, 0.2) is 58.6 Å². The van der Waals surface area contributed by atoms with Crippen molar-refractivity contribution in [2.24, 2.45) is 10.1 Å². The van der Waals surface area contributed by atoms with Crippen molar-refractivity contribution in [2.45, 2.75) is 25.9 Å². The van der Waals surface area contributed by atoms with E-state index in [1.54, 1.807) is 16.8 Å². The minimum absolute atomic E-state index is 0.154. The van der Waals surface area contributed by atoms with Gasteiger partial charge in [0.2, 0.25) is 0 Å². The predicted molar refractivity (Wildman–Crippen MR) is 110 cm³/mol. The van der Waals surface area contributed by atoms with Crippen molar-refractivity contribution < 1.29 is 4.79 Å². The predicted octanol–water partition coefficient (Wildman–Crippen LogP) is 3.02. The molecule has 0 bridgehead atoms. The molecule has 1 atom stereocenters. The van der Waals surface area contributed by atoms with Crippen LogP contribution >= 0.6 is 23.4 Å². The summed E-state index contributed by atoms with van der Waals surface area (Å²) in [5, 5.41) is 12.2. The summed E-state index contributed by atoms with van der Waals surface area (Å²) in [6.45, 7) is 2.14. The fourth-order valence-corrected chi connectivity index (χ4v) is 4.23. The summed E-state index contributed by atoms with van der Waals surface area (Å²) in [6.07, 6.45) is 1.74. The number of amides is 1. The maximum atomic E-state index is 12.9. The molecule has 0 fully saturated rings. The van der Waals surface area contributed by atoms with Crippen molar-refractivity contribution in [3.8, 4) is 0 Å². The first-order valence-electron chi connectivity index (χ1n) is 8.92. The molecule has 27 heavy (non-hydrogen) atoms. The van der Waals surface area contributed by atoms with Gasteiger partial charge in [-0.2, -0.15) is 0 Å². The highest BCUT2D eigenvalue weighted by molar-refractivity contribution is 8.13. The van der Waals surface area contributed by atoms with Gasteiger partial charge in [-0.05, 0) is 30.2 Å². The highest BCUT2D eigenvalue weighted by Gasteiger charge is 2.34. The van der Waals surface area contributed by atoms with Crippen molar-refractivity contribution in [1.29, 1.82) is 0 Å². The summed E-state index contributed by atoms with van der Waals surface area (Å²) >= 11 is 7.75. The van der Waals surface area contributed by atoms with Gasteiger partial charge in [0.05, 0.1) is 5.36 Å². The quantitative estimate of drug-likeness (QED) is 0.805. The molecule has 2 aliphatic heterocycles. The molecule has 2 heterocycles. The number of benzene rings is 2. The van der Waals surface area contributed by atoms with E-state index >= 15 is 0 Å². The van der Waals surface area contributed by atoms with Crippen LogP contribution in [-0.2, 0) is 4.79 Å². The number of nitrogens with one attached hydrogen (secondary N) is 1. The molecule has 2 aromatic carbocycles. The Morgan fingerprint density at radius 1 is 1.22 bits per heavy atom. The second-order valence-electron chi connectivity index (χ2n) is 6.33. The average molecular weight is 399 g/mol. The van der Waals surface area contributed by atoms with E-state index in [4.69, 9.17) is 21.7 Å². The van der Waals surface area contributed by atoms with Gasteiger partial charge in [0, 0.05) is 16.0 Å². The molecule has 1 N–H and O–H groups in total. The maximum Gasteiger partial charge on any atom is 0.276 e. The number of thioether (sulfide) groups is 1. The number of amidine groups is 1. The maximum absolute atomic E-state index is 12.9. The molecule has 0 spiro atoms. The second-order valence-corrected chi connectivity index (χ2v) is 7.85. The molecule has 2 aliphatic rings. The third-order valence-corrected chi connectivity index (χ3v) is 5.58. The Hall–Kier alpha value is -2.31. The number of hydrazone groups is 1. The smallest absolute Gasteiger partial charge is 0.276 e. The van der Waals surface area contributed by atoms with Crippen molar-refractivity contribution in [1.82, 2.24) is 10.3 Å². The number of carbonyl (C=O) groups is 1. The monoisotopic (exact) mass is 398 g/mol. The molecule has 4 rings (SSSR count). The van der Waals surface area contributed by atoms with Gasteiger partial charge in [0.25, 0.3) is 5.91 Å². The van der Waals surface area contributed by atoms with E-state index in [0.717, 1.165) is 34.7 Å². The fourth-order valence-electron chi connectivity index (χ4n) is 3.09. The topological polar surface area (TPSA) is 57.1 Å². The van der Waals surface area contributed by atoms with Gasteiger partial charge in [0.1, 0.15) is 5.70 Å². The van der Waals surface area contributed by atoms with E-state index in [1.165, 1.54) is 0 Å². The number of unbranched alkanes of at least 4 members (excludes halogenated alkanes) is 1. The van der Waals surface area contributed by atoms with E-state index in [9.17, 15) is 4.79 Å². The Morgan fingerprint density at radius 2 is 2.07 bits per heavy atom. The van der Waals surface area contributed by atoms with Crippen LogP contribution in [0.25, 0.3) is 5.70 Å². The van der Waals surface area contributed by atoms with Gasteiger partial charge < -0.3 is 0 Å². The molecule has 0 aromatic heterocycles. The number of hydrogen-bond donors (Lipinski definition) is 1. The van der Waals surface area contributed by atoms with Gasteiger partial charge in [-0.25, -0.2) is 5.01 Å². The van der Waals surface area contributed by atoms with Crippen LogP contribution in [0.2, 0.25) is 5.02 Å². The number of para-hydroxylation sites is 1. The number of nitrogens with zero attached hydrogens (tertiary/aromatic N) is 3. The zero-order chi connectivity index (χ0) is 18.8. The van der Waals surface area contributed by atoms with Crippen LogP contribution in [-0.4, -0.2) is 21.8 Å². The first-order chi connectivity index (χ1) is 13.2. The first-order valence-corrected chi connectivity index (χ1v) is 10.3. The standard InChI is InChI=1S/C20H19ClN4OS/c1-2-3-11-27-20-23-19(26)17-15-9-4-5-10-16(15)22-18(25(17)24-20)13-7-6-8-14(21)12-13/h4-10,12,18H,2-3,11H2,1H3,(H,23,24,26)/t18-/m0/s1. The van der Waals surface area contributed by atoms with E-state index in [0.29, 0.717) is 15.9 Å². The Morgan fingerprint density at radius 3 is 2.89 bits per heavy atom. The SMILES string of the molecule is CCCCSC1=NN2C(=c3ccccc3=N[C@@H]2c2cccc(Cl)c2)C(=O)N1. The third kappa shape index (κ3) is 3.59. The number of hydrogen-bond acceptors (Lipinski definition) is 5. The minimum Gasteiger partial charge on any atom is -0.298 e. The Kier molecular flexibility index (Phi) is 5.18. The zero-order valence-electron chi connectivity index (χ0n) is 14.9. The van der Waals surface area contributed by atoms with E-state index < -0.39 is 6.17 Å². The van der Waals surface area contributed by atoms with Crippen molar-refractivity contribution in [3.63, 3.8) is 0 Å². The summed E-state index contributed by atoms with van der Waals surface area (Å²) in [5.74, 6) is 0.757. The van der Waals surface area contributed by atoms with E-state index in [1.807, 2.05) is 48.5 Å². The Labute approximate surface area is 166 Å². The molecular weight excluding hydrogens is 380 g/mol. The average Bonchev–Trinajstić information content (AvgIpc) is 2.67. The first kappa shape index (κ1) is 18.1. The molecule has 0 unspecified atom stereocenters. The summed E-state index contributed by atoms with van der Waals surface area (Å²) in [7, 11) is 0. The molecule has 2 aromatic rings. The van der Waals surface area contributed by atoms with Crippen molar-refractivity contribution in [2.75, 3.05) is 5.75 Å². The normalized spacial score (nSPS) is 18.2. The highest BCUT2D eigenvalue weighted by Crippen LogP contribution is 2.31. The molecule has 5 nitrogen and oxygen atoms in total. The lowest BCUT2D eigenvalue weighted by atomic mass is 10.1. The lowest BCUT2D eigenvalue weighted by molar-refractivity contribution is -0.116. The van der Waals surface area contributed by atoms with Gasteiger partial charge in [-0.1, -0.05) is 67.0 Å². The van der Waals surface area contributed by atoms with Gasteiger partial charge >= 0.3 is 0 Å². The fraction of sp³-hybridized carbons (Fsp3) is 0.250. The van der Waals surface area contributed by atoms with Crippen LogP contribution in [0.5, 0.6) is 0 Å². The number of rotatable bonds is 4. The molecule has 138 valence electrons. The van der Waals surface area contributed by atoms with Gasteiger partial charge in [0.15, 0.2) is 11.3 Å². The summed E-state index contributed by atoms with van der Waals surface area (Å²) < 4.78 is 0. The lowest BCUT2D eigenvalue weighted by Gasteiger charge is -2.34. The Bertz CT molecular complexity index is 1040. The van der Waals surface area contributed by atoms with Crippen molar-refractivity contribution >= 4 is 40.1 Å². The number of halogens is 1. The highest BCUT2D eigenvalue weighted by atomic mass is 35.5. The molecule has 0 saturated heterocycles. The zero-order valence-corrected chi connectivity index (χ0v) is 16.4. The second kappa shape index (κ2) is 7.74. The molecule has 0 aliphatic carbocycles. The summed E-state index contributed by atoms with van der Waals surface area (Å²) in [5.41, 5.74) is 1.41. The van der Waals surface area contributed by atoms with Gasteiger partial charge in [-0.3, -0.25) is 15.1 Å². The molecule has 1 amide bonds. The third-order valence-electron chi connectivity index (χ3n) is 4.40. The molecular formula is C20H19ClN4OS. The van der Waals surface area contributed by atoms with Crippen LogP contribution in [0.4, 0.5) is 0 Å². The largest absolute Gasteiger partial charge is 0.298 e. The Balaban J connectivity index is 1.84. The summed E-state index contributed by atoms with van der Waals surface area (Å²) in [4.78, 5) is 17.8. The molecule has 0 saturated carbocycles. The summed E-state index contributed by atoms with van der Waals surface area (Å²) in [6, 6.07) is 15.2. The lowest BCUT2D eigenvalue weighted by Crippen LogP contribution is -2.50. The van der Waals surface area contributed by atoms with Crippen molar-refractivity contribution in [3.05, 3.63) is 69.7 Å². The number of fused-ring (bicyclic) bond motifs is 2.